The van der Waals surface area contributed by atoms with E-state index in [1.165, 1.54) is 28.8 Å². The van der Waals surface area contributed by atoms with Crippen LogP contribution in [0.4, 0.5) is 0 Å². The maximum atomic E-state index is 11.2. The second-order valence-corrected chi connectivity index (χ2v) is 6.18. The van der Waals surface area contributed by atoms with Crippen LogP contribution in [0.15, 0.2) is 34.5 Å². The summed E-state index contributed by atoms with van der Waals surface area (Å²) in [5, 5.41) is 11.3. The first-order chi connectivity index (χ1) is 7.47. The Labute approximate surface area is 97.1 Å². The number of sulfone groups is 1. The van der Waals surface area contributed by atoms with Gasteiger partial charge in [-0.2, -0.15) is 0 Å². The molecule has 84 valence electrons. The van der Waals surface area contributed by atoms with E-state index in [-0.39, 0.29) is 10.8 Å². The first-order valence-electron chi connectivity index (χ1n) is 4.42. The molecule has 0 bridgehead atoms. The van der Waals surface area contributed by atoms with Gasteiger partial charge in [-0.15, -0.1) is 11.3 Å². The van der Waals surface area contributed by atoms with Gasteiger partial charge in [0.05, 0.1) is 10.3 Å². The minimum Gasteiger partial charge on any atom is -0.493 e. The molecule has 2 aromatic rings. The van der Waals surface area contributed by atoms with E-state index in [4.69, 9.17) is 5.11 Å². The fraction of sp³-hybridized carbons (Fsp3) is 0.100. The first-order valence-corrected chi connectivity index (χ1v) is 7.19. The number of thiazole rings is 1. The second-order valence-electron chi connectivity index (χ2n) is 3.31. The molecule has 0 aliphatic carbocycles. The Hall–Kier alpha value is -1.40. The standard InChI is InChI=1S/C10H9NO3S2/c1-16(13,14)8-4-2-7(3-5-8)10-11-9(12)6-15-10/h2-6,12H,1H3. The van der Waals surface area contributed by atoms with Crippen LogP contribution in [0.3, 0.4) is 0 Å². The molecule has 0 amide bonds. The predicted molar refractivity (Wildman–Crippen MR) is 62.3 cm³/mol. The Morgan fingerprint density at radius 2 is 1.88 bits per heavy atom. The van der Waals surface area contributed by atoms with E-state index >= 15 is 0 Å². The molecule has 0 radical (unpaired) electrons. The number of rotatable bonds is 2. The van der Waals surface area contributed by atoms with Crippen LogP contribution in [-0.4, -0.2) is 24.8 Å². The van der Waals surface area contributed by atoms with E-state index in [9.17, 15) is 8.42 Å². The number of aromatic nitrogens is 1. The van der Waals surface area contributed by atoms with Crippen molar-refractivity contribution in [2.45, 2.75) is 4.90 Å². The van der Waals surface area contributed by atoms with Crippen LogP contribution in [0.1, 0.15) is 0 Å². The van der Waals surface area contributed by atoms with E-state index in [1.54, 1.807) is 12.1 Å². The zero-order chi connectivity index (χ0) is 11.8. The minimum atomic E-state index is -3.16. The molecule has 4 nitrogen and oxygen atoms in total. The zero-order valence-corrected chi connectivity index (χ0v) is 10.0. The van der Waals surface area contributed by atoms with Gasteiger partial charge in [0.15, 0.2) is 9.84 Å². The van der Waals surface area contributed by atoms with Gasteiger partial charge in [-0.3, -0.25) is 0 Å². The molecular weight excluding hydrogens is 246 g/mol. The lowest BCUT2D eigenvalue weighted by Crippen LogP contribution is -1.96. The highest BCUT2D eigenvalue weighted by Crippen LogP contribution is 2.26. The second kappa shape index (κ2) is 3.88. The molecule has 0 aliphatic heterocycles. The highest BCUT2D eigenvalue weighted by atomic mass is 32.2. The molecule has 6 heteroatoms. The van der Waals surface area contributed by atoms with Crippen LogP contribution in [0, 0.1) is 0 Å². The molecule has 2 rings (SSSR count). The van der Waals surface area contributed by atoms with Crippen molar-refractivity contribution in [3.8, 4) is 16.5 Å². The average Bonchev–Trinajstić information content (AvgIpc) is 2.64. The third-order valence-electron chi connectivity index (χ3n) is 2.02. The van der Waals surface area contributed by atoms with Gasteiger partial charge >= 0.3 is 0 Å². The van der Waals surface area contributed by atoms with Crippen molar-refractivity contribution in [2.24, 2.45) is 0 Å². The maximum absolute atomic E-state index is 11.2. The summed E-state index contributed by atoms with van der Waals surface area (Å²) in [6.07, 6.45) is 1.16. The van der Waals surface area contributed by atoms with Gasteiger partial charge in [0.1, 0.15) is 5.01 Å². The largest absolute Gasteiger partial charge is 0.493 e. The lowest BCUT2D eigenvalue weighted by molar-refractivity contribution is 0.458. The molecule has 1 aromatic carbocycles. The van der Waals surface area contributed by atoms with Crippen molar-refractivity contribution in [3.63, 3.8) is 0 Å². The molecule has 1 heterocycles. The lowest BCUT2D eigenvalue weighted by atomic mass is 10.2. The summed E-state index contributed by atoms with van der Waals surface area (Å²) >= 11 is 1.31. The van der Waals surface area contributed by atoms with Crippen LogP contribution in [0.25, 0.3) is 10.6 Å². The van der Waals surface area contributed by atoms with E-state index in [2.05, 4.69) is 4.98 Å². The molecule has 16 heavy (non-hydrogen) atoms. The van der Waals surface area contributed by atoms with Crippen LogP contribution < -0.4 is 0 Å². The van der Waals surface area contributed by atoms with E-state index in [0.29, 0.717) is 5.01 Å². The average molecular weight is 255 g/mol. The number of hydrogen-bond donors (Lipinski definition) is 1. The molecular formula is C10H9NO3S2. The summed E-state index contributed by atoms with van der Waals surface area (Å²) in [7, 11) is -3.16. The first kappa shape index (κ1) is 11.1. The van der Waals surface area contributed by atoms with Crippen molar-refractivity contribution in [1.82, 2.24) is 4.98 Å². The zero-order valence-electron chi connectivity index (χ0n) is 8.41. The minimum absolute atomic E-state index is 0.0211. The van der Waals surface area contributed by atoms with Crippen molar-refractivity contribution in [1.29, 1.82) is 0 Å². The lowest BCUT2D eigenvalue weighted by Gasteiger charge is -1.99. The van der Waals surface area contributed by atoms with Gasteiger partial charge in [0.2, 0.25) is 5.88 Å². The molecule has 0 aliphatic rings. The van der Waals surface area contributed by atoms with Gasteiger partial charge in [0.25, 0.3) is 0 Å². The molecule has 0 unspecified atom stereocenters. The quantitative estimate of drug-likeness (QED) is 0.890. The highest BCUT2D eigenvalue weighted by molar-refractivity contribution is 7.90. The molecule has 1 aromatic heterocycles. The number of benzene rings is 1. The predicted octanol–water partition coefficient (Wildman–Crippen LogP) is 1.92. The van der Waals surface area contributed by atoms with Crippen molar-refractivity contribution < 1.29 is 13.5 Å². The third-order valence-corrected chi connectivity index (χ3v) is 4.03. The van der Waals surface area contributed by atoms with Crippen molar-refractivity contribution >= 4 is 21.2 Å². The fourth-order valence-corrected chi connectivity index (χ4v) is 2.56. The Bertz CT molecular complexity index is 599. The Kier molecular flexibility index (Phi) is 2.69. The van der Waals surface area contributed by atoms with Crippen LogP contribution >= 0.6 is 11.3 Å². The van der Waals surface area contributed by atoms with E-state index < -0.39 is 9.84 Å². The van der Waals surface area contributed by atoms with Crippen molar-refractivity contribution in [3.05, 3.63) is 29.6 Å². The maximum Gasteiger partial charge on any atom is 0.222 e. The summed E-state index contributed by atoms with van der Waals surface area (Å²) < 4.78 is 22.5. The number of nitrogens with zero attached hydrogens (tertiary/aromatic N) is 1. The SMILES string of the molecule is CS(=O)(=O)c1ccc(-c2nc(O)cs2)cc1. The summed E-state index contributed by atoms with van der Waals surface area (Å²) in [5.74, 6) is -0.0211. The van der Waals surface area contributed by atoms with Crippen LogP contribution in [-0.2, 0) is 9.84 Å². The Balaban J connectivity index is 2.40. The highest BCUT2D eigenvalue weighted by Gasteiger charge is 2.08. The molecule has 0 fully saturated rings. The summed E-state index contributed by atoms with van der Waals surface area (Å²) in [6.45, 7) is 0. The summed E-state index contributed by atoms with van der Waals surface area (Å²) in [6, 6.07) is 6.41. The van der Waals surface area contributed by atoms with Gasteiger partial charge < -0.3 is 5.11 Å². The van der Waals surface area contributed by atoms with Gasteiger partial charge in [-0.25, -0.2) is 13.4 Å². The number of hydrogen-bond acceptors (Lipinski definition) is 5. The van der Waals surface area contributed by atoms with Crippen LogP contribution in [0.2, 0.25) is 0 Å². The van der Waals surface area contributed by atoms with E-state index in [1.807, 2.05) is 0 Å². The molecule has 0 saturated carbocycles. The van der Waals surface area contributed by atoms with Gasteiger partial charge in [-0.1, -0.05) is 12.1 Å². The summed E-state index contributed by atoms with van der Waals surface area (Å²) in [5.41, 5.74) is 0.790. The molecule has 1 N–H and O–H groups in total. The number of aromatic hydroxyl groups is 1. The topological polar surface area (TPSA) is 67.3 Å². The van der Waals surface area contributed by atoms with Gasteiger partial charge in [0, 0.05) is 11.8 Å². The smallest absolute Gasteiger partial charge is 0.222 e. The Morgan fingerprint density at radius 3 is 2.31 bits per heavy atom. The third kappa shape index (κ3) is 2.23. The summed E-state index contributed by atoms with van der Waals surface area (Å²) in [4.78, 5) is 4.17. The van der Waals surface area contributed by atoms with E-state index in [0.717, 1.165) is 11.8 Å². The molecule has 0 atom stereocenters. The van der Waals surface area contributed by atoms with Crippen LogP contribution in [0.5, 0.6) is 5.88 Å². The normalized spacial score (nSPS) is 11.6. The Morgan fingerprint density at radius 1 is 1.25 bits per heavy atom. The van der Waals surface area contributed by atoms with Gasteiger partial charge in [-0.05, 0) is 12.1 Å². The molecule has 0 saturated heterocycles. The molecule has 0 spiro atoms. The monoisotopic (exact) mass is 255 g/mol. The fourth-order valence-electron chi connectivity index (χ4n) is 1.24. The van der Waals surface area contributed by atoms with Crippen molar-refractivity contribution in [2.75, 3.05) is 6.26 Å².